The summed E-state index contributed by atoms with van der Waals surface area (Å²) in [6.45, 7) is 12.1. The monoisotopic (exact) mass is 512 g/mol. The van der Waals surface area contributed by atoms with Crippen LogP contribution in [-0.4, -0.2) is 10.6 Å². The summed E-state index contributed by atoms with van der Waals surface area (Å²) in [6, 6.07) is 25.5. The number of hydrogen-bond acceptors (Lipinski definition) is 3. The van der Waals surface area contributed by atoms with Crippen LogP contribution in [0.15, 0.2) is 90.1 Å². The number of azo groups is 2. The van der Waals surface area contributed by atoms with Crippen LogP contribution in [-0.2, 0) is 4.79 Å². The molecule has 1 amide bonds. The molecule has 1 aliphatic rings. The minimum Gasteiger partial charge on any atom is -0.872 e. The van der Waals surface area contributed by atoms with Gasteiger partial charge in [-0.2, -0.15) is 0 Å². The summed E-state index contributed by atoms with van der Waals surface area (Å²) in [5, 5.41) is 20.2. The van der Waals surface area contributed by atoms with Gasteiger partial charge in [-0.15, -0.1) is 0 Å². The molecule has 5 rings (SSSR count). The molecule has 1 aliphatic heterocycles. The molecular weight excluding hydrogens is 480 g/mol. The lowest BCUT2D eigenvalue weighted by Crippen LogP contribution is -2.37. The van der Waals surface area contributed by atoms with Crippen LogP contribution in [0.2, 0.25) is 0 Å². The maximum atomic E-state index is 14.2. The van der Waals surface area contributed by atoms with E-state index < -0.39 is 0 Å². The Morgan fingerprint density at radius 3 is 1.72 bits per heavy atom. The summed E-state index contributed by atoms with van der Waals surface area (Å²) < 4.78 is 1.47. The predicted molar refractivity (Wildman–Crippen MR) is 154 cm³/mol. The molecule has 0 aliphatic carbocycles. The first-order valence-corrected chi connectivity index (χ1v) is 13.2. The van der Waals surface area contributed by atoms with Crippen LogP contribution in [0.3, 0.4) is 0 Å². The second-order valence-corrected chi connectivity index (χ2v) is 10.4. The van der Waals surface area contributed by atoms with Crippen molar-refractivity contribution in [2.24, 2.45) is 5.11 Å². The second-order valence-electron chi connectivity index (χ2n) is 10.4. The van der Waals surface area contributed by atoms with Crippen LogP contribution >= 0.6 is 0 Å². The van der Waals surface area contributed by atoms with E-state index in [1.165, 1.54) is 4.70 Å². The molecule has 4 aromatic rings. The van der Waals surface area contributed by atoms with Crippen molar-refractivity contribution in [3.05, 3.63) is 145 Å². The molecular formula is C35H32N2O2. The van der Waals surface area contributed by atoms with E-state index in [-0.39, 0.29) is 11.7 Å². The highest BCUT2D eigenvalue weighted by Gasteiger charge is 2.35. The van der Waals surface area contributed by atoms with Crippen LogP contribution in [0.5, 0.6) is 0 Å². The van der Waals surface area contributed by atoms with E-state index in [0.717, 1.165) is 44.5 Å². The van der Waals surface area contributed by atoms with E-state index in [1.54, 1.807) is 6.08 Å². The van der Waals surface area contributed by atoms with Crippen molar-refractivity contribution in [3.63, 3.8) is 0 Å². The Balaban J connectivity index is 1.93. The number of nitrogens with zero attached hydrogens (tertiary/aromatic N) is 2. The Hall–Kier alpha value is -4.57. The topological polar surface area (TPSA) is 55.5 Å². The number of hydrogen-bond donors (Lipinski definition) is 0. The number of benzene rings is 4. The summed E-state index contributed by atoms with van der Waals surface area (Å²) in [4.78, 5) is 13.6. The van der Waals surface area contributed by atoms with E-state index in [9.17, 15) is 9.90 Å². The van der Waals surface area contributed by atoms with Crippen molar-refractivity contribution >= 4 is 23.1 Å². The predicted octanol–water partition coefficient (Wildman–Crippen LogP) is 5.26. The Labute approximate surface area is 229 Å². The van der Waals surface area contributed by atoms with Crippen LogP contribution < -0.4 is 15.5 Å². The largest absolute Gasteiger partial charge is 0.872 e. The first kappa shape index (κ1) is 26.1. The van der Waals surface area contributed by atoms with Gasteiger partial charge in [0.15, 0.2) is 0 Å². The molecule has 0 fully saturated rings. The summed E-state index contributed by atoms with van der Waals surface area (Å²) in [7, 11) is 0. The zero-order valence-electron chi connectivity index (χ0n) is 23.3. The quantitative estimate of drug-likeness (QED) is 0.351. The molecule has 39 heavy (non-hydrogen) atoms. The van der Waals surface area contributed by atoms with Crippen molar-refractivity contribution < 1.29 is 14.6 Å². The lowest BCUT2D eigenvalue weighted by molar-refractivity contribution is -0.412. The minimum atomic E-state index is -0.242. The van der Waals surface area contributed by atoms with Crippen LogP contribution in [0, 0.1) is 41.5 Å². The molecule has 0 atom stereocenters. The van der Waals surface area contributed by atoms with Gasteiger partial charge in [0.1, 0.15) is 5.70 Å². The Bertz CT molecular complexity index is 1780. The molecule has 4 aromatic carbocycles. The average Bonchev–Trinajstić information content (AvgIpc) is 3.27. The van der Waals surface area contributed by atoms with Gasteiger partial charge in [0.2, 0.25) is 0 Å². The standard InChI is InChI=1S/C35H32N2O2/c1-21-16-23(3)32(24(4)17-21)34(37-31(38)20-30(36-37)27-12-8-7-9-13-27)28-14-10-11-15-29(28)35(39)33-25(5)18-22(2)19-26(33)6/h7-20H,1-6H3. The van der Waals surface area contributed by atoms with Crippen molar-refractivity contribution in [2.45, 2.75) is 41.5 Å². The molecule has 0 saturated heterocycles. The van der Waals surface area contributed by atoms with E-state index in [4.69, 9.17) is 5.11 Å². The smallest absolute Gasteiger partial charge is 0.445 e. The van der Waals surface area contributed by atoms with E-state index in [1.807, 2.05) is 101 Å². The summed E-state index contributed by atoms with van der Waals surface area (Å²) >= 11 is 0. The number of aryl methyl sites for hydroxylation is 6. The van der Waals surface area contributed by atoms with Gasteiger partial charge < -0.3 is 5.11 Å². The molecule has 0 radical (unpaired) electrons. The summed E-state index contributed by atoms with van der Waals surface area (Å²) in [5.41, 5.74) is 9.82. The first-order chi connectivity index (χ1) is 18.7. The van der Waals surface area contributed by atoms with Gasteiger partial charge in [0.25, 0.3) is 5.70 Å². The molecule has 0 unspecified atom stereocenters. The summed E-state index contributed by atoms with van der Waals surface area (Å²) in [5.74, 6) is -0.309. The van der Waals surface area contributed by atoms with Gasteiger partial charge in [0.05, 0.1) is 16.9 Å². The zero-order valence-corrected chi connectivity index (χ0v) is 23.3. The van der Waals surface area contributed by atoms with Gasteiger partial charge in [-0.3, -0.25) is 0 Å². The maximum Gasteiger partial charge on any atom is 0.445 e. The highest BCUT2D eigenvalue weighted by molar-refractivity contribution is 5.94. The number of rotatable bonds is 4. The minimum absolute atomic E-state index is 0.0663. The zero-order chi connectivity index (χ0) is 27.8. The first-order valence-electron chi connectivity index (χ1n) is 13.2. The molecule has 0 saturated carbocycles. The Morgan fingerprint density at radius 2 is 1.15 bits per heavy atom. The number of amides is 1. The molecule has 0 spiro atoms. The Morgan fingerprint density at radius 1 is 0.667 bits per heavy atom. The van der Waals surface area contributed by atoms with Crippen LogP contribution in [0.25, 0.3) is 17.2 Å². The van der Waals surface area contributed by atoms with Gasteiger partial charge >= 0.3 is 5.91 Å². The van der Waals surface area contributed by atoms with Gasteiger partial charge in [-0.05, 0) is 85.3 Å². The van der Waals surface area contributed by atoms with Crippen molar-refractivity contribution in [1.29, 1.82) is 0 Å². The third-order valence-corrected chi connectivity index (χ3v) is 7.20. The molecule has 4 nitrogen and oxygen atoms in total. The SMILES string of the molecule is Cc1cc(C)c(/C([O-])=c2\cccc\c2=C(/c2c(C)cc(C)cc2C)[N+]2=NC(c3ccccc3)=CC2=O)c(C)c1. The van der Waals surface area contributed by atoms with Crippen molar-refractivity contribution in [1.82, 2.24) is 0 Å². The lowest BCUT2D eigenvalue weighted by atomic mass is 9.94. The fourth-order valence-corrected chi connectivity index (χ4v) is 5.74. The molecule has 194 valence electrons. The molecule has 0 aromatic heterocycles. The third kappa shape index (κ3) is 4.86. The highest BCUT2D eigenvalue weighted by atomic mass is 16.3. The van der Waals surface area contributed by atoms with Crippen LogP contribution in [0.4, 0.5) is 0 Å². The van der Waals surface area contributed by atoms with Crippen LogP contribution in [0.1, 0.15) is 50.1 Å². The number of carbonyl (C=O) groups excluding carboxylic acids is 1. The Kier molecular flexibility index (Phi) is 6.88. The van der Waals surface area contributed by atoms with Crippen molar-refractivity contribution in [2.75, 3.05) is 0 Å². The lowest BCUT2D eigenvalue weighted by Gasteiger charge is -2.20. The van der Waals surface area contributed by atoms with E-state index >= 15 is 0 Å². The fraction of sp³-hybridized carbons (Fsp3) is 0.171. The van der Waals surface area contributed by atoms with Gasteiger partial charge in [-0.1, -0.05) is 89.7 Å². The number of carbonyl (C=O) groups is 1. The van der Waals surface area contributed by atoms with Gasteiger partial charge in [-0.25, -0.2) is 4.79 Å². The second kappa shape index (κ2) is 10.3. The molecule has 1 heterocycles. The van der Waals surface area contributed by atoms with Crippen molar-refractivity contribution in [3.8, 4) is 0 Å². The summed E-state index contributed by atoms with van der Waals surface area (Å²) in [6.07, 6.45) is 1.56. The van der Waals surface area contributed by atoms with E-state index in [2.05, 4.69) is 19.1 Å². The van der Waals surface area contributed by atoms with E-state index in [0.29, 0.717) is 27.4 Å². The maximum absolute atomic E-state index is 14.2. The average molecular weight is 513 g/mol. The highest BCUT2D eigenvalue weighted by Crippen LogP contribution is 2.29. The molecule has 4 heteroatoms. The van der Waals surface area contributed by atoms with Gasteiger partial charge in [0, 0.05) is 10.7 Å². The third-order valence-electron chi connectivity index (χ3n) is 7.20. The normalized spacial score (nSPS) is 14.7. The fourth-order valence-electron chi connectivity index (χ4n) is 5.74. The molecule has 0 N–H and O–H groups in total. The molecule has 0 bridgehead atoms.